The predicted molar refractivity (Wildman–Crippen MR) is 60.6 cm³/mol. The third-order valence-electron chi connectivity index (χ3n) is 2.51. The zero-order valence-corrected chi connectivity index (χ0v) is 9.60. The van der Waals surface area contributed by atoms with Gasteiger partial charge in [0, 0.05) is 17.8 Å². The van der Waals surface area contributed by atoms with Crippen LogP contribution in [0, 0.1) is 13.8 Å². The topological polar surface area (TPSA) is 82.5 Å². The minimum Gasteiger partial charge on any atom is -0.366 e. The van der Waals surface area contributed by atoms with Gasteiger partial charge in [0.15, 0.2) is 0 Å². The van der Waals surface area contributed by atoms with Crippen LogP contribution >= 0.6 is 0 Å². The van der Waals surface area contributed by atoms with Gasteiger partial charge in [-0.15, -0.1) is 5.10 Å². The van der Waals surface area contributed by atoms with Crippen LogP contribution in [0.2, 0.25) is 0 Å². The van der Waals surface area contributed by atoms with Crippen LogP contribution in [0.25, 0.3) is 11.3 Å². The fourth-order valence-electron chi connectivity index (χ4n) is 1.81. The van der Waals surface area contributed by atoms with Crippen LogP contribution in [0.3, 0.4) is 0 Å². The van der Waals surface area contributed by atoms with E-state index < -0.39 is 0 Å². The number of anilines is 1. The highest BCUT2D eigenvalue weighted by Gasteiger charge is 2.14. The lowest BCUT2D eigenvalue weighted by atomic mass is 10.1. The summed E-state index contributed by atoms with van der Waals surface area (Å²) in [6.07, 6.45) is 1.60. The first-order chi connectivity index (χ1) is 7.63. The SMILES string of the molecule is CCn1nc(C)c(-c2cnnc(N)n2)c1C. The van der Waals surface area contributed by atoms with Crippen molar-refractivity contribution in [3.63, 3.8) is 0 Å². The van der Waals surface area contributed by atoms with Gasteiger partial charge in [-0.1, -0.05) is 0 Å². The molecule has 2 N–H and O–H groups in total. The van der Waals surface area contributed by atoms with Crippen molar-refractivity contribution in [2.75, 3.05) is 5.73 Å². The number of nitrogen functional groups attached to an aromatic ring is 1. The molecule has 2 aromatic heterocycles. The lowest BCUT2D eigenvalue weighted by Gasteiger charge is -2.02. The number of aromatic nitrogens is 5. The van der Waals surface area contributed by atoms with E-state index in [0.29, 0.717) is 0 Å². The van der Waals surface area contributed by atoms with Crippen LogP contribution < -0.4 is 5.73 Å². The fourth-order valence-corrected chi connectivity index (χ4v) is 1.81. The smallest absolute Gasteiger partial charge is 0.240 e. The Morgan fingerprint density at radius 3 is 2.69 bits per heavy atom. The van der Waals surface area contributed by atoms with Gasteiger partial charge < -0.3 is 5.73 Å². The van der Waals surface area contributed by atoms with Gasteiger partial charge in [-0.05, 0) is 20.8 Å². The van der Waals surface area contributed by atoms with Gasteiger partial charge in [-0.3, -0.25) is 4.68 Å². The van der Waals surface area contributed by atoms with Crippen LogP contribution in [-0.2, 0) is 6.54 Å². The molecule has 2 heterocycles. The van der Waals surface area contributed by atoms with Crippen LogP contribution in [-0.4, -0.2) is 25.0 Å². The van der Waals surface area contributed by atoms with Gasteiger partial charge in [0.2, 0.25) is 5.95 Å². The number of rotatable bonds is 2. The van der Waals surface area contributed by atoms with E-state index in [1.807, 2.05) is 18.5 Å². The second-order valence-corrected chi connectivity index (χ2v) is 3.56. The predicted octanol–water partition coefficient (Wildman–Crippen LogP) is 0.954. The first kappa shape index (κ1) is 10.5. The van der Waals surface area contributed by atoms with E-state index in [1.165, 1.54) is 0 Å². The molecular formula is C10H14N6. The van der Waals surface area contributed by atoms with Crippen molar-refractivity contribution in [2.24, 2.45) is 0 Å². The van der Waals surface area contributed by atoms with Crippen LogP contribution in [0.4, 0.5) is 5.95 Å². The highest BCUT2D eigenvalue weighted by molar-refractivity contribution is 5.64. The third kappa shape index (κ3) is 1.62. The van der Waals surface area contributed by atoms with Crippen molar-refractivity contribution in [1.82, 2.24) is 25.0 Å². The molecule has 0 unspecified atom stereocenters. The Hall–Kier alpha value is -1.98. The summed E-state index contributed by atoms with van der Waals surface area (Å²) in [4.78, 5) is 4.16. The van der Waals surface area contributed by atoms with E-state index >= 15 is 0 Å². The van der Waals surface area contributed by atoms with Gasteiger partial charge in [0.1, 0.15) is 0 Å². The molecule has 0 bridgehead atoms. The first-order valence-electron chi connectivity index (χ1n) is 5.13. The highest BCUT2D eigenvalue weighted by Crippen LogP contribution is 2.24. The number of hydrogen-bond donors (Lipinski definition) is 1. The molecule has 2 aromatic rings. The molecule has 0 saturated heterocycles. The lowest BCUT2D eigenvalue weighted by molar-refractivity contribution is 0.634. The number of hydrogen-bond acceptors (Lipinski definition) is 5. The average Bonchev–Trinajstić information content (AvgIpc) is 2.53. The Kier molecular flexibility index (Phi) is 2.55. The van der Waals surface area contributed by atoms with E-state index in [0.717, 1.165) is 29.2 Å². The molecule has 0 aliphatic heterocycles. The van der Waals surface area contributed by atoms with Crippen LogP contribution in [0.15, 0.2) is 6.20 Å². The molecule has 0 fully saturated rings. The van der Waals surface area contributed by atoms with Crippen molar-refractivity contribution < 1.29 is 0 Å². The summed E-state index contributed by atoms with van der Waals surface area (Å²) < 4.78 is 1.93. The van der Waals surface area contributed by atoms with E-state index in [1.54, 1.807) is 6.20 Å². The Labute approximate surface area is 93.5 Å². The molecular weight excluding hydrogens is 204 g/mol. The maximum absolute atomic E-state index is 5.52. The van der Waals surface area contributed by atoms with Crippen molar-refractivity contribution >= 4 is 5.95 Å². The minimum absolute atomic E-state index is 0.181. The Morgan fingerprint density at radius 1 is 1.38 bits per heavy atom. The summed E-state index contributed by atoms with van der Waals surface area (Å²) in [5.41, 5.74) is 9.24. The summed E-state index contributed by atoms with van der Waals surface area (Å²) in [7, 11) is 0. The monoisotopic (exact) mass is 218 g/mol. The lowest BCUT2D eigenvalue weighted by Crippen LogP contribution is -2.00. The Balaban J connectivity index is 2.60. The van der Waals surface area contributed by atoms with E-state index in [-0.39, 0.29) is 5.95 Å². The second kappa shape index (κ2) is 3.88. The number of aryl methyl sites for hydroxylation is 2. The van der Waals surface area contributed by atoms with Crippen molar-refractivity contribution in [3.8, 4) is 11.3 Å². The zero-order chi connectivity index (χ0) is 11.7. The quantitative estimate of drug-likeness (QED) is 0.811. The van der Waals surface area contributed by atoms with E-state index in [9.17, 15) is 0 Å². The third-order valence-corrected chi connectivity index (χ3v) is 2.51. The summed E-state index contributed by atoms with van der Waals surface area (Å²) in [6.45, 7) is 6.85. The molecule has 0 atom stereocenters. The first-order valence-corrected chi connectivity index (χ1v) is 5.13. The van der Waals surface area contributed by atoms with Crippen LogP contribution in [0.5, 0.6) is 0 Å². The van der Waals surface area contributed by atoms with E-state index in [4.69, 9.17) is 5.73 Å². The largest absolute Gasteiger partial charge is 0.366 e. The molecule has 0 aliphatic rings. The zero-order valence-electron chi connectivity index (χ0n) is 9.60. The Morgan fingerprint density at radius 2 is 2.12 bits per heavy atom. The maximum Gasteiger partial charge on any atom is 0.240 e. The van der Waals surface area contributed by atoms with Crippen LogP contribution in [0.1, 0.15) is 18.3 Å². The normalized spacial score (nSPS) is 10.7. The maximum atomic E-state index is 5.52. The molecule has 0 aromatic carbocycles. The van der Waals surface area contributed by atoms with E-state index in [2.05, 4.69) is 27.2 Å². The summed E-state index contributed by atoms with van der Waals surface area (Å²) in [5, 5.41) is 11.9. The molecule has 0 radical (unpaired) electrons. The molecule has 0 aliphatic carbocycles. The van der Waals surface area contributed by atoms with Gasteiger partial charge in [0.05, 0.1) is 17.6 Å². The van der Waals surface area contributed by atoms with Gasteiger partial charge in [0.25, 0.3) is 0 Å². The molecule has 6 heteroatoms. The highest BCUT2D eigenvalue weighted by atomic mass is 15.3. The summed E-state index contributed by atoms with van der Waals surface area (Å²) >= 11 is 0. The van der Waals surface area contributed by atoms with Crippen molar-refractivity contribution in [2.45, 2.75) is 27.3 Å². The average molecular weight is 218 g/mol. The van der Waals surface area contributed by atoms with Gasteiger partial charge in [-0.2, -0.15) is 10.2 Å². The molecule has 0 saturated carbocycles. The van der Waals surface area contributed by atoms with Crippen molar-refractivity contribution in [3.05, 3.63) is 17.6 Å². The number of nitrogens with zero attached hydrogens (tertiary/aromatic N) is 5. The van der Waals surface area contributed by atoms with Gasteiger partial charge >= 0.3 is 0 Å². The molecule has 6 nitrogen and oxygen atoms in total. The standard InChI is InChI=1S/C10H14N6/c1-4-16-7(3)9(6(2)15-16)8-5-12-14-10(11)13-8/h5H,4H2,1-3H3,(H2,11,13,14). The van der Waals surface area contributed by atoms with Crippen molar-refractivity contribution in [1.29, 1.82) is 0 Å². The molecule has 84 valence electrons. The molecule has 16 heavy (non-hydrogen) atoms. The number of nitrogens with two attached hydrogens (primary N) is 1. The molecule has 0 spiro atoms. The summed E-state index contributed by atoms with van der Waals surface area (Å²) in [6, 6.07) is 0. The van der Waals surface area contributed by atoms with Gasteiger partial charge in [-0.25, -0.2) is 4.98 Å². The minimum atomic E-state index is 0.181. The molecule has 2 rings (SSSR count). The fraction of sp³-hybridized carbons (Fsp3) is 0.400. The summed E-state index contributed by atoms with van der Waals surface area (Å²) in [5.74, 6) is 0.181. The Bertz CT molecular complexity index is 516. The second-order valence-electron chi connectivity index (χ2n) is 3.56. The molecule has 0 amide bonds.